The van der Waals surface area contributed by atoms with Crippen molar-refractivity contribution in [3.63, 3.8) is 0 Å². The summed E-state index contributed by atoms with van der Waals surface area (Å²) in [6.45, 7) is 3.99. The van der Waals surface area contributed by atoms with Crippen LogP contribution in [0.4, 0.5) is 11.4 Å². The van der Waals surface area contributed by atoms with E-state index in [9.17, 15) is 8.42 Å². The monoisotopic (exact) mass is 432 g/mol. The molecule has 0 fully saturated rings. The molecule has 0 saturated carbocycles. The van der Waals surface area contributed by atoms with Gasteiger partial charge in [0.05, 0.1) is 23.2 Å². The third-order valence-electron chi connectivity index (χ3n) is 5.27. The molecule has 0 aliphatic rings. The molecule has 0 radical (unpaired) electrons. The summed E-state index contributed by atoms with van der Waals surface area (Å²) in [5.74, 6) is 0.681. The van der Waals surface area contributed by atoms with Gasteiger partial charge in [0.1, 0.15) is 10.6 Å². The number of nitrogens with zero attached hydrogens (tertiary/aromatic N) is 1. The number of hydrogen-bond acceptors (Lipinski definition) is 5. The van der Waals surface area contributed by atoms with E-state index in [1.807, 2.05) is 49.4 Å². The molecule has 158 valence electrons. The van der Waals surface area contributed by atoms with Crippen LogP contribution >= 0.6 is 0 Å². The number of aromatic nitrogens is 1. The van der Waals surface area contributed by atoms with E-state index in [-0.39, 0.29) is 9.79 Å². The van der Waals surface area contributed by atoms with Crippen LogP contribution in [0.5, 0.6) is 5.75 Å². The number of hydrogen-bond donors (Lipinski definition) is 1. The molecule has 3 aromatic carbocycles. The van der Waals surface area contributed by atoms with Crippen molar-refractivity contribution in [2.75, 3.05) is 12.4 Å². The van der Waals surface area contributed by atoms with Crippen molar-refractivity contribution < 1.29 is 13.2 Å². The van der Waals surface area contributed by atoms with Crippen LogP contribution in [0.2, 0.25) is 0 Å². The van der Waals surface area contributed by atoms with Crippen molar-refractivity contribution in [2.24, 2.45) is 0 Å². The van der Waals surface area contributed by atoms with Gasteiger partial charge < -0.3 is 10.1 Å². The molecule has 4 aromatic rings. The van der Waals surface area contributed by atoms with Gasteiger partial charge in [-0.2, -0.15) is 0 Å². The molecule has 0 amide bonds. The summed E-state index contributed by atoms with van der Waals surface area (Å²) in [6.07, 6.45) is 2.27. The van der Waals surface area contributed by atoms with E-state index in [1.165, 1.54) is 6.20 Å². The first kappa shape index (κ1) is 20.9. The smallest absolute Gasteiger partial charge is 0.210 e. The second-order valence-electron chi connectivity index (χ2n) is 7.38. The van der Waals surface area contributed by atoms with Gasteiger partial charge in [-0.25, -0.2) is 8.42 Å². The fourth-order valence-electron chi connectivity index (χ4n) is 3.46. The standard InChI is InChI=1S/C25H24N2O3S/c1-4-18-10-13-23-22(14-18)25(27-19-6-5-7-20(15-19)30-3)24(16-26-23)31(28,29)21-11-8-17(2)9-12-21/h5-16H,4H2,1-3H3,(H,26,27). The van der Waals surface area contributed by atoms with Crippen LogP contribution in [-0.2, 0) is 16.3 Å². The Balaban J connectivity index is 1.96. The zero-order valence-corrected chi connectivity index (χ0v) is 18.5. The fourth-order valence-corrected chi connectivity index (χ4v) is 4.83. The van der Waals surface area contributed by atoms with Crippen molar-refractivity contribution in [3.8, 4) is 5.75 Å². The zero-order valence-electron chi connectivity index (χ0n) is 17.7. The Kier molecular flexibility index (Phi) is 5.65. The van der Waals surface area contributed by atoms with Crippen LogP contribution in [0.25, 0.3) is 10.9 Å². The summed E-state index contributed by atoms with van der Waals surface area (Å²) in [5.41, 5.74) is 4.07. The maximum Gasteiger partial charge on any atom is 0.210 e. The average molecular weight is 433 g/mol. The Bertz CT molecular complexity index is 1350. The summed E-state index contributed by atoms with van der Waals surface area (Å²) in [7, 11) is -2.19. The summed E-state index contributed by atoms with van der Waals surface area (Å²) in [4.78, 5) is 4.83. The van der Waals surface area contributed by atoms with Crippen LogP contribution in [0, 0.1) is 6.92 Å². The quantitative estimate of drug-likeness (QED) is 0.424. The van der Waals surface area contributed by atoms with E-state index in [2.05, 4.69) is 17.2 Å². The largest absolute Gasteiger partial charge is 0.497 e. The fraction of sp³-hybridized carbons (Fsp3) is 0.160. The molecular weight excluding hydrogens is 408 g/mol. The number of ether oxygens (including phenoxy) is 1. The van der Waals surface area contributed by atoms with Crippen LogP contribution < -0.4 is 10.1 Å². The highest BCUT2D eigenvalue weighted by Gasteiger charge is 2.24. The van der Waals surface area contributed by atoms with Crippen LogP contribution in [0.1, 0.15) is 18.1 Å². The molecule has 5 nitrogen and oxygen atoms in total. The van der Waals surface area contributed by atoms with Gasteiger partial charge in [-0.3, -0.25) is 4.98 Å². The maximum atomic E-state index is 13.6. The van der Waals surface area contributed by atoms with Gasteiger partial charge in [0, 0.05) is 23.3 Å². The van der Waals surface area contributed by atoms with Gasteiger partial charge in [-0.15, -0.1) is 0 Å². The molecule has 0 atom stereocenters. The molecule has 4 rings (SSSR count). The zero-order chi connectivity index (χ0) is 22.0. The number of sulfone groups is 1. The summed E-state index contributed by atoms with van der Waals surface area (Å²) >= 11 is 0. The topological polar surface area (TPSA) is 68.3 Å². The lowest BCUT2D eigenvalue weighted by atomic mass is 10.1. The number of methoxy groups -OCH3 is 1. The van der Waals surface area contributed by atoms with Gasteiger partial charge in [-0.1, -0.05) is 36.8 Å². The van der Waals surface area contributed by atoms with E-state index < -0.39 is 9.84 Å². The predicted molar refractivity (Wildman–Crippen MR) is 124 cm³/mol. The van der Waals surface area contributed by atoms with Crippen molar-refractivity contribution in [1.29, 1.82) is 0 Å². The molecule has 6 heteroatoms. The minimum atomic E-state index is -3.79. The van der Waals surface area contributed by atoms with Crippen LogP contribution in [0.3, 0.4) is 0 Å². The highest BCUT2D eigenvalue weighted by molar-refractivity contribution is 7.91. The summed E-state index contributed by atoms with van der Waals surface area (Å²) in [6, 6.07) is 20.2. The molecule has 31 heavy (non-hydrogen) atoms. The molecule has 1 aromatic heterocycles. The van der Waals surface area contributed by atoms with Crippen molar-refractivity contribution in [2.45, 2.75) is 30.1 Å². The van der Waals surface area contributed by atoms with Gasteiger partial charge in [0.2, 0.25) is 9.84 Å². The van der Waals surface area contributed by atoms with E-state index in [0.717, 1.165) is 34.1 Å². The number of rotatable bonds is 6. The first-order valence-electron chi connectivity index (χ1n) is 10.1. The van der Waals surface area contributed by atoms with Gasteiger partial charge in [0.25, 0.3) is 0 Å². The van der Waals surface area contributed by atoms with E-state index in [0.29, 0.717) is 11.4 Å². The molecule has 1 heterocycles. The highest BCUT2D eigenvalue weighted by Crippen LogP contribution is 2.36. The SMILES string of the molecule is CCc1ccc2ncc(S(=O)(=O)c3ccc(C)cc3)c(Nc3cccc(OC)c3)c2c1. The Morgan fingerprint density at radius 3 is 2.48 bits per heavy atom. The number of anilines is 2. The molecule has 0 unspecified atom stereocenters. The normalized spacial score (nSPS) is 11.5. The molecule has 0 aliphatic carbocycles. The number of nitrogens with one attached hydrogen (secondary N) is 1. The first-order valence-corrected chi connectivity index (χ1v) is 11.5. The minimum absolute atomic E-state index is 0.139. The van der Waals surface area contributed by atoms with Crippen molar-refractivity contribution in [1.82, 2.24) is 4.98 Å². The lowest BCUT2D eigenvalue weighted by Crippen LogP contribution is -2.07. The lowest BCUT2D eigenvalue weighted by Gasteiger charge is -2.16. The third kappa shape index (κ3) is 4.11. The Morgan fingerprint density at radius 2 is 1.77 bits per heavy atom. The van der Waals surface area contributed by atoms with Crippen molar-refractivity contribution in [3.05, 3.63) is 84.1 Å². The molecule has 0 saturated heterocycles. The van der Waals surface area contributed by atoms with E-state index >= 15 is 0 Å². The van der Waals surface area contributed by atoms with Gasteiger partial charge >= 0.3 is 0 Å². The van der Waals surface area contributed by atoms with Crippen molar-refractivity contribution >= 4 is 32.1 Å². The Morgan fingerprint density at radius 1 is 1.00 bits per heavy atom. The predicted octanol–water partition coefficient (Wildman–Crippen LogP) is 5.69. The molecule has 0 spiro atoms. The Labute approximate surface area is 182 Å². The number of aryl methyl sites for hydroxylation is 2. The minimum Gasteiger partial charge on any atom is -0.497 e. The van der Waals surface area contributed by atoms with Gasteiger partial charge in [-0.05, 0) is 55.3 Å². The third-order valence-corrected chi connectivity index (χ3v) is 7.05. The molecule has 0 aliphatic heterocycles. The number of pyridine rings is 1. The highest BCUT2D eigenvalue weighted by atomic mass is 32.2. The summed E-state index contributed by atoms with van der Waals surface area (Å²) in [5, 5.41) is 4.09. The number of fused-ring (bicyclic) bond motifs is 1. The molecule has 1 N–H and O–H groups in total. The second-order valence-corrected chi connectivity index (χ2v) is 9.29. The number of benzene rings is 3. The second kappa shape index (κ2) is 8.40. The maximum absolute atomic E-state index is 13.6. The first-order chi connectivity index (χ1) is 14.9. The van der Waals surface area contributed by atoms with Gasteiger partial charge in [0.15, 0.2) is 0 Å². The molecular formula is C25H24N2O3S. The van der Waals surface area contributed by atoms with Crippen LogP contribution in [0.15, 0.2) is 82.7 Å². The lowest BCUT2D eigenvalue weighted by molar-refractivity contribution is 0.415. The van der Waals surface area contributed by atoms with E-state index in [1.54, 1.807) is 31.4 Å². The molecule has 0 bridgehead atoms. The Hall–Kier alpha value is -3.38. The average Bonchev–Trinajstić information content (AvgIpc) is 2.79. The summed E-state index contributed by atoms with van der Waals surface area (Å²) < 4.78 is 32.5. The van der Waals surface area contributed by atoms with Crippen LogP contribution in [-0.4, -0.2) is 20.5 Å². The van der Waals surface area contributed by atoms with E-state index in [4.69, 9.17) is 4.74 Å².